The van der Waals surface area contributed by atoms with Crippen LogP contribution in [0.15, 0.2) is 42.3 Å². The molecule has 13 nitrogen and oxygen atoms in total. The average molecular weight is 455 g/mol. The lowest BCUT2D eigenvalue weighted by Crippen LogP contribution is -2.36. The quantitative estimate of drug-likeness (QED) is 0.0789. The molecule has 1 aromatic rings. The summed E-state index contributed by atoms with van der Waals surface area (Å²) in [6.45, 7) is 2.88. The Morgan fingerprint density at radius 3 is 2.38 bits per heavy atom. The third kappa shape index (κ3) is 11.5. The largest absolute Gasteiger partial charge is 0.516 e. The SMILES string of the molecule is CNC(=CN(N)CCCO)CN(CC(N)=CN(N)CCCO)Cc1cn(CC=CO)nn1. The van der Waals surface area contributed by atoms with E-state index < -0.39 is 0 Å². The Hall–Kier alpha value is -2.84. The average Bonchev–Trinajstić information content (AvgIpc) is 3.21. The molecule has 0 bridgehead atoms. The van der Waals surface area contributed by atoms with E-state index in [0.29, 0.717) is 57.8 Å². The molecule has 0 aromatic carbocycles. The van der Waals surface area contributed by atoms with E-state index in [1.165, 1.54) is 10.0 Å². The third-order valence-electron chi connectivity index (χ3n) is 4.29. The molecule has 0 aliphatic heterocycles. The number of rotatable bonds is 17. The minimum Gasteiger partial charge on any atom is -0.516 e. The predicted octanol–water partition coefficient (Wildman–Crippen LogP) is -1.87. The van der Waals surface area contributed by atoms with E-state index in [9.17, 15) is 0 Å². The highest BCUT2D eigenvalue weighted by Gasteiger charge is 2.13. The Balaban J connectivity index is 2.94. The Morgan fingerprint density at radius 1 is 1.12 bits per heavy atom. The zero-order chi connectivity index (χ0) is 23.8. The summed E-state index contributed by atoms with van der Waals surface area (Å²) in [6, 6.07) is 0. The minimum absolute atomic E-state index is 0.0525. The Bertz CT molecular complexity index is 722. The monoisotopic (exact) mass is 454 g/mol. The van der Waals surface area contributed by atoms with Gasteiger partial charge in [-0.15, -0.1) is 5.10 Å². The fraction of sp³-hybridized carbons (Fsp3) is 0.579. The first kappa shape index (κ1) is 27.2. The molecule has 0 saturated heterocycles. The summed E-state index contributed by atoms with van der Waals surface area (Å²) in [5, 5.41) is 41.1. The summed E-state index contributed by atoms with van der Waals surface area (Å²) in [7, 11) is 1.80. The van der Waals surface area contributed by atoms with E-state index in [0.717, 1.165) is 17.7 Å². The van der Waals surface area contributed by atoms with E-state index >= 15 is 0 Å². The van der Waals surface area contributed by atoms with Gasteiger partial charge in [-0.3, -0.25) is 4.90 Å². The second-order valence-electron chi connectivity index (χ2n) is 7.20. The zero-order valence-electron chi connectivity index (χ0n) is 18.7. The van der Waals surface area contributed by atoms with Crippen LogP contribution in [0.1, 0.15) is 18.5 Å². The fourth-order valence-electron chi connectivity index (χ4n) is 2.83. The highest BCUT2D eigenvalue weighted by molar-refractivity contribution is 5.06. The van der Waals surface area contributed by atoms with E-state index in [1.807, 2.05) is 4.90 Å². The van der Waals surface area contributed by atoms with Crippen LogP contribution in [0.4, 0.5) is 0 Å². The Morgan fingerprint density at radius 2 is 1.78 bits per heavy atom. The van der Waals surface area contributed by atoms with Gasteiger partial charge in [0.05, 0.1) is 24.7 Å². The van der Waals surface area contributed by atoms with Gasteiger partial charge in [-0.25, -0.2) is 16.4 Å². The molecule has 0 radical (unpaired) electrons. The number of aliphatic hydroxyl groups excluding tert-OH is 3. The number of aliphatic hydroxyl groups is 3. The normalized spacial score (nSPS) is 12.7. The van der Waals surface area contributed by atoms with Crippen molar-refractivity contribution in [2.24, 2.45) is 17.4 Å². The molecule has 13 heteroatoms. The predicted molar refractivity (Wildman–Crippen MR) is 122 cm³/mol. The number of nitrogens with one attached hydrogen (secondary N) is 1. The molecule has 10 N–H and O–H groups in total. The van der Waals surface area contributed by atoms with Gasteiger partial charge in [-0.1, -0.05) is 5.21 Å². The molecule has 1 heterocycles. The van der Waals surface area contributed by atoms with Crippen LogP contribution in [-0.4, -0.2) is 91.7 Å². The van der Waals surface area contributed by atoms with Crippen molar-refractivity contribution < 1.29 is 15.3 Å². The molecule has 0 unspecified atom stereocenters. The molecule has 0 aliphatic carbocycles. The molecule has 0 spiro atoms. The maximum Gasteiger partial charge on any atom is 0.0967 e. The van der Waals surface area contributed by atoms with E-state index in [4.69, 9.17) is 32.7 Å². The van der Waals surface area contributed by atoms with Gasteiger partial charge in [0.15, 0.2) is 0 Å². The fourth-order valence-corrected chi connectivity index (χ4v) is 2.83. The van der Waals surface area contributed by atoms with Crippen LogP contribution < -0.4 is 22.7 Å². The number of nitrogens with zero attached hydrogens (tertiary/aromatic N) is 6. The number of nitrogens with two attached hydrogens (primary N) is 3. The molecular formula is C19H38N10O3. The van der Waals surface area contributed by atoms with Crippen molar-refractivity contribution in [1.82, 2.24) is 35.2 Å². The van der Waals surface area contributed by atoms with Crippen LogP contribution in [0.3, 0.4) is 0 Å². The molecule has 32 heavy (non-hydrogen) atoms. The molecule has 0 amide bonds. The molecular weight excluding hydrogens is 416 g/mol. The first-order chi connectivity index (χ1) is 15.4. The molecule has 182 valence electrons. The van der Waals surface area contributed by atoms with Crippen LogP contribution >= 0.6 is 0 Å². The standard InChI is InChI=1S/C19H38N10O3/c1-23-18(15-28(22)6-3-9-31)13-26(11-17(20)12-27(21)5-2-8-30)14-19-16-29(25-24-19)7-4-10-32/h4,10,12,15-16,23,30-32H,2-3,5-9,11,13-14,20-22H2,1H3. The molecule has 0 atom stereocenters. The van der Waals surface area contributed by atoms with Crippen LogP contribution in [0, 0.1) is 0 Å². The van der Waals surface area contributed by atoms with Crippen LogP contribution in [0.5, 0.6) is 0 Å². The maximum absolute atomic E-state index is 8.99. The van der Waals surface area contributed by atoms with E-state index in [1.54, 1.807) is 36.4 Å². The summed E-state index contributed by atoms with van der Waals surface area (Å²) in [5.74, 6) is 11.9. The van der Waals surface area contributed by atoms with E-state index in [2.05, 4.69) is 15.6 Å². The van der Waals surface area contributed by atoms with Crippen molar-refractivity contribution in [3.8, 4) is 0 Å². The first-order valence-corrected chi connectivity index (χ1v) is 10.4. The second-order valence-corrected chi connectivity index (χ2v) is 7.20. The molecule has 0 aliphatic rings. The molecule has 0 fully saturated rings. The van der Waals surface area contributed by atoms with Crippen molar-refractivity contribution in [2.75, 3.05) is 46.4 Å². The molecule has 1 aromatic heterocycles. The van der Waals surface area contributed by atoms with Crippen LogP contribution in [-0.2, 0) is 13.1 Å². The van der Waals surface area contributed by atoms with Gasteiger partial charge < -0.3 is 36.4 Å². The van der Waals surface area contributed by atoms with Crippen molar-refractivity contribution >= 4 is 0 Å². The number of hydrazine groups is 2. The molecule has 1 rings (SSSR count). The van der Waals surface area contributed by atoms with Gasteiger partial charge in [0.1, 0.15) is 0 Å². The summed E-state index contributed by atoms with van der Waals surface area (Å²) in [4.78, 5) is 2.05. The van der Waals surface area contributed by atoms with Gasteiger partial charge in [-0.05, 0) is 18.9 Å². The Labute approximate surface area is 189 Å². The lowest BCUT2D eigenvalue weighted by atomic mass is 10.3. The number of allylic oxidation sites excluding steroid dienone is 1. The summed E-state index contributed by atoms with van der Waals surface area (Å²) in [5.41, 5.74) is 8.33. The number of likely N-dealkylation sites (N-methyl/N-ethyl adjacent to an activating group) is 1. The van der Waals surface area contributed by atoms with E-state index in [-0.39, 0.29) is 13.2 Å². The van der Waals surface area contributed by atoms with Gasteiger partial charge in [0.25, 0.3) is 0 Å². The Kier molecular flexibility index (Phi) is 13.5. The van der Waals surface area contributed by atoms with Crippen molar-refractivity contribution in [3.05, 3.63) is 48.0 Å². The second kappa shape index (κ2) is 15.9. The lowest BCUT2D eigenvalue weighted by molar-refractivity contribution is 0.255. The van der Waals surface area contributed by atoms with Gasteiger partial charge in [0.2, 0.25) is 0 Å². The smallest absolute Gasteiger partial charge is 0.0967 e. The molecule has 0 saturated carbocycles. The minimum atomic E-state index is 0.0525. The van der Waals surface area contributed by atoms with Gasteiger partial charge in [0, 0.05) is 76.8 Å². The number of hydrogen-bond acceptors (Lipinski definition) is 12. The van der Waals surface area contributed by atoms with Crippen LogP contribution in [0.2, 0.25) is 0 Å². The highest BCUT2D eigenvalue weighted by atomic mass is 16.3. The maximum atomic E-state index is 8.99. The number of hydrogen-bond donors (Lipinski definition) is 7. The van der Waals surface area contributed by atoms with Gasteiger partial charge in [-0.2, -0.15) is 0 Å². The zero-order valence-corrected chi connectivity index (χ0v) is 18.7. The third-order valence-corrected chi connectivity index (χ3v) is 4.29. The van der Waals surface area contributed by atoms with Crippen molar-refractivity contribution in [3.63, 3.8) is 0 Å². The van der Waals surface area contributed by atoms with Crippen LogP contribution in [0.25, 0.3) is 0 Å². The summed E-state index contributed by atoms with van der Waals surface area (Å²) in [6.07, 6.45) is 8.85. The van der Waals surface area contributed by atoms with Gasteiger partial charge >= 0.3 is 0 Å². The summed E-state index contributed by atoms with van der Waals surface area (Å²) >= 11 is 0. The number of aromatic nitrogens is 3. The topological polar surface area (TPSA) is 191 Å². The highest BCUT2D eigenvalue weighted by Crippen LogP contribution is 2.07. The summed E-state index contributed by atoms with van der Waals surface area (Å²) < 4.78 is 1.61. The first-order valence-electron chi connectivity index (χ1n) is 10.4. The van der Waals surface area contributed by atoms with Crippen molar-refractivity contribution in [2.45, 2.75) is 25.9 Å². The lowest BCUT2D eigenvalue weighted by Gasteiger charge is -2.25. The van der Waals surface area contributed by atoms with Crippen molar-refractivity contribution in [1.29, 1.82) is 0 Å².